The minimum absolute atomic E-state index is 0.412. The van der Waals surface area contributed by atoms with Gasteiger partial charge in [-0.05, 0) is 50.1 Å². The van der Waals surface area contributed by atoms with Crippen molar-refractivity contribution in [1.29, 1.82) is 0 Å². The molecule has 0 bridgehead atoms. The van der Waals surface area contributed by atoms with E-state index in [0.717, 1.165) is 18.7 Å². The summed E-state index contributed by atoms with van der Waals surface area (Å²) in [4.78, 5) is 1.34. The highest BCUT2D eigenvalue weighted by Gasteiger charge is 2.13. The summed E-state index contributed by atoms with van der Waals surface area (Å²) in [6, 6.07) is 17.8. The van der Waals surface area contributed by atoms with E-state index < -0.39 is 0 Å². The summed E-state index contributed by atoms with van der Waals surface area (Å²) in [6.45, 7) is 7.66. The van der Waals surface area contributed by atoms with Gasteiger partial charge in [-0.3, -0.25) is 0 Å². The molecule has 0 aliphatic heterocycles. The van der Waals surface area contributed by atoms with Gasteiger partial charge in [-0.25, -0.2) is 0 Å². The van der Waals surface area contributed by atoms with Gasteiger partial charge in [0.25, 0.3) is 0 Å². The molecule has 0 aromatic heterocycles. The Kier molecular flexibility index (Phi) is 6.34. The van der Waals surface area contributed by atoms with Crippen LogP contribution in [0, 0.1) is 13.8 Å². The van der Waals surface area contributed by atoms with Crippen molar-refractivity contribution in [2.45, 2.75) is 38.1 Å². The van der Waals surface area contributed by atoms with Crippen molar-refractivity contribution in [1.82, 2.24) is 5.32 Å². The average Bonchev–Trinajstić information content (AvgIpc) is 2.51. The fourth-order valence-electron chi connectivity index (χ4n) is 2.41. The maximum Gasteiger partial charge on any atom is 0.0418 e. The zero-order chi connectivity index (χ0) is 15.1. The summed E-state index contributed by atoms with van der Waals surface area (Å²) in [5.74, 6) is 1.06. The molecule has 112 valence electrons. The number of aryl methyl sites for hydroxylation is 2. The van der Waals surface area contributed by atoms with E-state index in [1.165, 1.54) is 21.6 Å². The Bertz CT molecular complexity index is 551. The maximum absolute atomic E-state index is 3.70. The van der Waals surface area contributed by atoms with Crippen molar-refractivity contribution >= 4 is 11.8 Å². The van der Waals surface area contributed by atoms with Crippen LogP contribution in [0.5, 0.6) is 0 Å². The van der Waals surface area contributed by atoms with Gasteiger partial charge in [-0.2, -0.15) is 0 Å². The molecule has 1 atom stereocenters. The van der Waals surface area contributed by atoms with Crippen LogP contribution in [0.3, 0.4) is 0 Å². The molecule has 2 aromatic rings. The lowest BCUT2D eigenvalue weighted by molar-refractivity contribution is 0.575. The first-order chi connectivity index (χ1) is 10.2. The van der Waals surface area contributed by atoms with Gasteiger partial charge < -0.3 is 5.32 Å². The van der Waals surface area contributed by atoms with Crippen LogP contribution >= 0.6 is 11.8 Å². The Morgan fingerprint density at radius 3 is 2.52 bits per heavy atom. The third-order valence-corrected chi connectivity index (χ3v) is 4.72. The van der Waals surface area contributed by atoms with Crippen LogP contribution in [0.2, 0.25) is 0 Å². The first-order valence-electron chi connectivity index (χ1n) is 7.69. The minimum atomic E-state index is 0.412. The third-order valence-electron chi connectivity index (χ3n) is 3.61. The lowest BCUT2D eigenvalue weighted by Gasteiger charge is -2.21. The van der Waals surface area contributed by atoms with Crippen LogP contribution in [-0.2, 0) is 0 Å². The highest BCUT2D eigenvalue weighted by atomic mass is 32.2. The molecule has 1 nitrogen and oxygen atoms in total. The molecule has 2 heteroatoms. The summed E-state index contributed by atoms with van der Waals surface area (Å²) in [5.41, 5.74) is 4.15. The van der Waals surface area contributed by atoms with Crippen LogP contribution in [0.1, 0.15) is 36.1 Å². The zero-order valence-corrected chi connectivity index (χ0v) is 14.0. The summed E-state index contributed by atoms with van der Waals surface area (Å²) in [7, 11) is 0. The molecule has 0 aliphatic carbocycles. The SMILES string of the molecule is CCCNC(CSc1ccccc1)c1cc(C)ccc1C. The first-order valence-corrected chi connectivity index (χ1v) is 8.67. The second kappa shape index (κ2) is 8.26. The second-order valence-corrected chi connectivity index (χ2v) is 6.58. The predicted octanol–water partition coefficient (Wildman–Crippen LogP) is 5.14. The van der Waals surface area contributed by atoms with Crippen molar-refractivity contribution in [2.75, 3.05) is 12.3 Å². The van der Waals surface area contributed by atoms with E-state index in [2.05, 4.69) is 74.6 Å². The van der Waals surface area contributed by atoms with Gasteiger partial charge in [0.1, 0.15) is 0 Å². The molecule has 0 amide bonds. The molecule has 2 rings (SSSR count). The molecule has 0 radical (unpaired) electrons. The predicted molar refractivity (Wildman–Crippen MR) is 94.1 cm³/mol. The van der Waals surface area contributed by atoms with Gasteiger partial charge in [0.2, 0.25) is 0 Å². The minimum Gasteiger partial charge on any atom is -0.309 e. The van der Waals surface area contributed by atoms with Crippen LogP contribution in [0.25, 0.3) is 0 Å². The van der Waals surface area contributed by atoms with Gasteiger partial charge in [0.15, 0.2) is 0 Å². The Balaban J connectivity index is 2.12. The topological polar surface area (TPSA) is 12.0 Å². The Morgan fingerprint density at radius 1 is 1.05 bits per heavy atom. The normalized spacial score (nSPS) is 12.3. The Labute approximate surface area is 133 Å². The zero-order valence-electron chi connectivity index (χ0n) is 13.2. The quantitative estimate of drug-likeness (QED) is 0.711. The van der Waals surface area contributed by atoms with E-state index in [4.69, 9.17) is 0 Å². The number of rotatable bonds is 7. The van der Waals surface area contributed by atoms with Gasteiger partial charge in [-0.1, -0.05) is 48.9 Å². The molecule has 0 heterocycles. The molecular weight excluding hydrogens is 274 g/mol. The Hall–Kier alpha value is -1.25. The molecule has 0 saturated carbocycles. The monoisotopic (exact) mass is 299 g/mol. The fourth-order valence-corrected chi connectivity index (χ4v) is 3.41. The second-order valence-electron chi connectivity index (χ2n) is 5.49. The number of thioether (sulfide) groups is 1. The van der Waals surface area contributed by atoms with Crippen LogP contribution in [-0.4, -0.2) is 12.3 Å². The summed E-state index contributed by atoms with van der Waals surface area (Å²) in [6.07, 6.45) is 1.16. The largest absolute Gasteiger partial charge is 0.309 e. The number of benzene rings is 2. The molecular formula is C19H25NS. The van der Waals surface area contributed by atoms with Gasteiger partial charge in [0, 0.05) is 16.7 Å². The fraction of sp³-hybridized carbons (Fsp3) is 0.368. The molecule has 0 saturated heterocycles. The van der Waals surface area contributed by atoms with E-state index in [1.54, 1.807) is 0 Å². The van der Waals surface area contributed by atoms with Crippen molar-refractivity contribution in [3.05, 3.63) is 65.2 Å². The standard InChI is InChI=1S/C19H25NS/c1-4-12-20-19(14-21-17-8-6-5-7-9-17)18-13-15(2)10-11-16(18)3/h5-11,13,19-20H,4,12,14H2,1-3H3. The van der Waals surface area contributed by atoms with Crippen molar-refractivity contribution in [3.63, 3.8) is 0 Å². The molecule has 0 spiro atoms. The highest BCUT2D eigenvalue weighted by molar-refractivity contribution is 7.99. The van der Waals surface area contributed by atoms with Crippen LogP contribution in [0.15, 0.2) is 53.4 Å². The molecule has 0 fully saturated rings. The van der Waals surface area contributed by atoms with Gasteiger partial charge >= 0.3 is 0 Å². The van der Waals surface area contributed by atoms with Crippen molar-refractivity contribution < 1.29 is 0 Å². The first kappa shape index (κ1) is 16.1. The van der Waals surface area contributed by atoms with Gasteiger partial charge in [0.05, 0.1) is 0 Å². The lowest BCUT2D eigenvalue weighted by atomic mass is 10.00. The molecule has 0 aliphatic rings. The van der Waals surface area contributed by atoms with Crippen molar-refractivity contribution in [3.8, 4) is 0 Å². The van der Waals surface area contributed by atoms with E-state index in [-0.39, 0.29) is 0 Å². The third kappa shape index (κ3) is 4.90. The number of hydrogen-bond donors (Lipinski definition) is 1. The molecule has 1 unspecified atom stereocenters. The van der Waals surface area contributed by atoms with Crippen molar-refractivity contribution in [2.24, 2.45) is 0 Å². The average molecular weight is 299 g/mol. The van der Waals surface area contributed by atoms with E-state index >= 15 is 0 Å². The Morgan fingerprint density at radius 2 is 1.81 bits per heavy atom. The summed E-state index contributed by atoms with van der Waals surface area (Å²) in [5, 5.41) is 3.70. The maximum atomic E-state index is 3.70. The molecule has 1 N–H and O–H groups in total. The van der Waals surface area contributed by atoms with Gasteiger partial charge in [-0.15, -0.1) is 11.8 Å². The van der Waals surface area contributed by atoms with Crippen LogP contribution < -0.4 is 5.32 Å². The van der Waals surface area contributed by atoms with E-state index in [9.17, 15) is 0 Å². The molecule has 2 aromatic carbocycles. The number of hydrogen-bond acceptors (Lipinski definition) is 2. The summed E-state index contributed by atoms with van der Waals surface area (Å²) >= 11 is 1.93. The highest BCUT2D eigenvalue weighted by Crippen LogP contribution is 2.27. The van der Waals surface area contributed by atoms with E-state index in [0.29, 0.717) is 6.04 Å². The number of nitrogens with one attached hydrogen (secondary N) is 1. The molecule has 21 heavy (non-hydrogen) atoms. The summed E-state index contributed by atoms with van der Waals surface area (Å²) < 4.78 is 0. The lowest BCUT2D eigenvalue weighted by Crippen LogP contribution is -2.25. The van der Waals surface area contributed by atoms with Crippen LogP contribution in [0.4, 0.5) is 0 Å². The smallest absolute Gasteiger partial charge is 0.0418 e. The van der Waals surface area contributed by atoms with E-state index in [1.807, 2.05) is 11.8 Å².